The van der Waals surface area contributed by atoms with E-state index in [0.717, 1.165) is 34.5 Å². The van der Waals surface area contributed by atoms with Crippen LogP contribution in [0.25, 0.3) is 0 Å². The molecule has 4 rings (SSSR count). The third kappa shape index (κ3) is 3.14. The molecule has 1 aliphatic carbocycles. The van der Waals surface area contributed by atoms with Gasteiger partial charge in [-0.3, -0.25) is 14.4 Å². The number of hydrogen-bond acceptors (Lipinski definition) is 6. The van der Waals surface area contributed by atoms with E-state index >= 15 is 0 Å². The molecule has 8 nitrogen and oxygen atoms in total. The van der Waals surface area contributed by atoms with Crippen molar-refractivity contribution in [3.8, 4) is 0 Å². The number of rotatable bonds is 3. The van der Waals surface area contributed by atoms with Crippen LogP contribution in [-0.4, -0.2) is 38.0 Å². The van der Waals surface area contributed by atoms with Gasteiger partial charge in [0, 0.05) is 36.9 Å². The Morgan fingerprint density at radius 2 is 2.12 bits per heavy atom. The molecule has 26 heavy (non-hydrogen) atoms. The maximum absolute atomic E-state index is 12.7. The van der Waals surface area contributed by atoms with Gasteiger partial charge in [-0.25, -0.2) is 9.67 Å². The monoisotopic (exact) mass is 373 g/mol. The van der Waals surface area contributed by atoms with Gasteiger partial charge >= 0.3 is 0 Å². The molecule has 0 atom stereocenters. The zero-order valence-electron chi connectivity index (χ0n) is 14.4. The molecule has 1 fully saturated rings. The zero-order valence-corrected chi connectivity index (χ0v) is 15.2. The van der Waals surface area contributed by atoms with Gasteiger partial charge in [0.25, 0.3) is 11.5 Å². The molecule has 0 aromatic carbocycles. The van der Waals surface area contributed by atoms with Crippen LogP contribution in [0.15, 0.2) is 16.9 Å². The fourth-order valence-corrected chi connectivity index (χ4v) is 4.11. The van der Waals surface area contributed by atoms with Gasteiger partial charge in [0.1, 0.15) is 5.69 Å². The number of anilines is 1. The van der Waals surface area contributed by atoms with E-state index in [2.05, 4.69) is 15.4 Å². The summed E-state index contributed by atoms with van der Waals surface area (Å²) in [6, 6.07) is 2.80. The second kappa shape index (κ2) is 6.64. The molecule has 1 N–H and O–H groups in total. The van der Waals surface area contributed by atoms with E-state index in [1.54, 1.807) is 4.90 Å². The predicted octanol–water partition coefficient (Wildman–Crippen LogP) is 1.17. The number of thiazole rings is 1. The average molecular weight is 373 g/mol. The first kappa shape index (κ1) is 16.9. The molecule has 0 radical (unpaired) electrons. The predicted molar refractivity (Wildman–Crippen MR) is 96.0 cm³/mol. The summed E-state index contributed by atoms with van der Waals surface area (Å²) in [5, 5.41) is 7.54. The largest absolute Gasteiger partial charge is 0.332 e. The van der Waals surface area contributed by atoms with Crippen LogP contribution in [0.1, 0.15) is 40.3 Å². The van der Waals surface area contributed by atoms with Gasteiger partial charge in [-0.1, -0.05) is 17.8 Å². The molecule has 2 aliphatic rings. The summed E-state index contributed by atoms with van der Waals surface area (Å²) in [5.74, 6) is -0.0470. The van der Waals surface area contributed by atoms with Gasteiger partial charge in [-0.15, -0.1) is 0 Å². The molecule has 2 amide bonds. The van der Waals surface area contributed by atoms with Gasteiger partial charge in [-0.05, 0) is 18.9 Å². The van der Waals surface area contributed by atoms with E-state index < -0.39 is 0 Å². The number of nitrogens with zero attached hydrogens (tertiary/aromatic N) is 4. The highest BCUT2D eigenvalue weighted by Crippen LogP contribution is 2.31. The molecular formula is C17H19N5O3S. The van der Waals surface area contributed by atoms with Crippen LogP contribution in [0.2, 0.25) is 0 Å². The van der Waals surface area contributed by atoms with Crippen molar-refractivity contribution in [2.75, 3.05) is 11.9 Å². The van der Waals surface area contributed by atoms with E-state index in [4.69, 9.17) is 0 Å². The number of hydrogen-bond donors (Lipinski definition) is 1. The van der Waals surface area contributed by atoms with Crippen molar-refractivity contribution in [1.29, 1.82) is 0 Å². The SMILES string of the molecule is Cn1nc(C(=O)N2CCc3nc(NC(=O)C4CCC4)sc3C2)ccc1=O. The molecule has 2 aromatic heterocycles. The highest BCUT2D eigenvalue weighted by Gasteiger charge is 2.28. The number of fused-ring (bicyclic) bond motifs is 1. The standard InChI is InChI=1S/C17H19N5O3S/c1-21-14(23)6-5-12(20-21)16(25)22-8-7-11-13(9-22)26-17(18-11)19-15(24)10-3-2-4-10/h5-6,10H,2-4,7-9H2,1H3,(H,18,19,24). The Morgan fingerprint density at radius 1 is 1.31 bits per heavy atom. The molecule has 0 spiro atoms. The van der Waals surface area contributed by atoms with E-state index in [0.29, 0.717) is 24.6 Å². The first-order valence-electron chi connectivity index (χ1n) is 8.64. The topological polar surface area (TPSA) is 97.2 Å². The molecule has 2 aromatic rings. The van der Waals surface area contributed by atoms with Gasteiger partial charge in [-0.2, -0.15) is 5.10 Å². The van der Waals surface area contributed by atoms with Gasteiger partial charge < -0.3 is 10.2 Å². The van der Waals surface area contributed by atoms with E-state index in [9.17, 15) is 14.4 Å². The Kier molecular flexibility index (Phi) is 4.31. The lowest BCUT2D eigenvalue weighted by molar-refractivity contribution is -0.122. The highest BCUT2D eigenvalue weighted by molar-refractivity contribution is 7.15. The van der Waals surface area contributed by atoms with Gasteiger partial charge in [0.05, 0.1) is 12.2 Å². The van der Waals surface area contributed by atoms with E-state index in [-0.39, 0.29) is 29.0 Å². The van der Waals surface area contributed by atoms with Crippen molar-refractivity contribution >= 4 is 28.3 Å². The molecule has 1 saturated carbocycles. The van der Waals surface area contributed by atoms with Crippen molar-refractivity contribution < 1.29 is 9.59 Å². The molecule has 0 unspecified atom stereocenters. The summed E-state index contributed by atoms with van der Waals surface area (Å²) < 4.78 is 1.16. The second-order valence-electron chi connectivity index (χ2n) is 6.66. The number of nitrogens with one attached hydrogen (secondary N) is 1. The van der Waals surface area contributed by atoms with Crippen molar-refractivity contribution in [1.82, 2.24) is 19.7 Å². The molecule has 136 valence electrons. The zero-order chi connectivity index (χ0) is 18.3. The summed E-state index contributed by atoms with van der Waals surface area (Å²) in [5.41, 5.74) is 0.937. The highest BCUT2D eigenvalue weighted by atomic mass is 32.1. The molecular weight excluding hydrogens is 354 g/mol. The second-order valence-corrected chi connectivity index (χ2v) is 7.75. The van der Waals surface area contributed by atoms with Crippen LogP contribution in [0.3, 0.4) is 0 Å². The summed E-state index contributed by atoms with van der Waals surface area (Å²) in [6.45, 7) is 0.978. The Hall–Kier alpha value is -2.55. The minimum atomic E-state index is -0.253. The third-order valence-corrected chi connectivity index (χ3v) is 5.90. The maximum Gasteiger partial charge on any atom is 0.274 e. The lowest BCUT2D eigenvalue weighted by Gasteiger charge is -2.25. The molecule has 1 aliphatic heterocycles. The van der Waals surface area contributed by atoms with Crippen LogP contribution in [0.5, 0.6) is 0 Å². The molecule has 0 saturated heterocycles. The quantitative estimate of drug-likeness (QED) is 0.871. The summed E-state index contributed by atoms with van der Waals surface area (Å²) >= 11 is 1.43. The number of carbonyl (C=O) groups is 2. The van der Waals surface area contributed by atoms with Crippen LogP contribution >= 0.6 is 11.3 Å². The summed E-state index contributed by atoms with van der Waals surface area (Å²) in [7, 11) is 1.52. The lowest BCUT2D eigenvalue weighted by Crippen LogP contribution is -2.37. The van der Waals surface area contributed by atoms with Gasteiger partial charge in [0.15, 0.2) is 5.13 Å². The van der Waals surface area contributed by atoms with Crippen molar-refractivity contribution in [3.05, 3.63) is 38.8 Å². The number of aromatic nitrogens is 3. The van der Waals surface area contributed by atoms with Crippen LogP contribution in [0, 0.1) is 5.92 Å². The average Bonchev–Trinajstić information content (AvgIpc) is 2.96. The summed E-state index contributed by atoms with van der Waals surface area (Å²) in [6.07, 6.45) is 3.66. The molecule has 9 heteroatoms. The van der Waals surface area contributed by atoms with E-state index in [1.807, 2.05) is 0 Å². The van der Waals surface area contributed by atoms with Crippen molar-refractivity contribution in [2.45, 2.75) is 32.2 Å². The first-order valence-corrected chi connectivity index (χ1v) is 9.46. The summed E-state index contributed by atoms with van der Waals surface area (Å²) in [4.78, 5) is 43.4. The number of amides is 2. The Bertz CT molecular complexity index is 931. The fraction of sp³-hybridized carbons (Fsp3) is 0.471. The minimum Gasteiger partial charge on any atom is -0.332 e. The van der Waals surface area contributed by atoms with Crippen LogP contribution in [0.4, 0.5) is 5.13 Å². The number of carbonyl (C=O) groups excluding carboxylic acids is 2. The normalized spacial score (nSPS) is 16.7. The number of aryl methyl sites for hydroxylation is 1. The smallest absolute Gasteiger partial charge is 0.274 e. The Morgan fingerprint density at radius 3 is 2.81 bits per heavy atom. The lowest BCUT2D eigenvalue weighted by atomic mass is 9.85. The molecule has 0 bridgehead atoms. The van der Waals surface area contributed by atoms with E-state index in [1.165, 1.54) is 30.5 Å². The Balaban J connectivity index is 1.46. The third-order valence-electron chi connectivity index (χ3n) is 4.90. The minimum absolute atomic E-state index is 0.0460. The van der Waals surface area contributed by atoms with Crippen LogP contribution in [-0.2, 0) is 24.8 Å². The van der Waals surface area contributed by atoms with Crippen LogP contribution < -0.4 is 10.9 Å². The maximum atomic E-state index is 12.7. The van der Waals surface area contributed by atoms with Crippen molar-refractivity contribution in [2.24, 2.45) is 13.0 Å². The molecule has 3 heterocycles. The fourth-order valence-electron chi connectivity index (χ4n) is 3.08. The first-order chi connectivity index (χ1) is 12.5. The Labute approximate surface area is 153 Å². The van der Waals surface area contributed by atoms with Crippen molar-refractivity contribution in [3.63, 3.8) is 0 Å². The van der Waals surface area contributed by atoms with Gasteiger partial charge in [0.2, 0.25) is 5.91 Å².